The van der Waals surface area contributed by atoms with Crippen LogP contribution in [0, 0.1) is 5.82 Å². The van der Waals surface area contributed by atoms with E-state index in [0.29, 0.717) is 5.56 Å². The molecule has 0 nitrogen and oxygen atoms in total. The zero-order valence-corrected chi connectivity index (χ0v) is 6.68. The summed E-state index contributed by atoms with van der Waals surface area (Å²) in [7, 11) is 0. The van der Waals surface area contributed by atoms with Crippen LogP contribution in [0.2, 0.25) is 0 Å². The topological polar surface area (TPSA) is 0 Å². The van der Waals surface area contributed by atoms with Gasteiger partial charge in [0.05, 0.1) is 0 Å². The highest BCUT2D eigenvalue weighted by Gasteiger charge is 2.10. The fourth-order valence-corrected chi connectivity index (χ4v) is 1.44. The van der Waals surface area contributed by atoms with Gasteiger partial charge < -0.3 is 0 Å². The van der Waals surface area contributed by atoms with Crippen LogP contribution in [0.15, 0.2) is 30.9 Å². The first-order valence-electron chi connectivity index (χ1n) is 3.92. The first-order chi connectivity index (χ1) is 5.79. The van der Waals surface area contributed by atoms with Crippen LogP contribution in [0.3, 0.4) is 0 Å². The smallest absolute Gasteiger partial charge is 0.131 e. The lowest BCUT2D eigenvalue weighted by Gasteiger charge is -2.12. The van der Waals surface area contributed by atoms with E-state index in [2.05, 4.69) is 6.58 Å². The summed E-state index contributed by atoms with van der Waals surface area (Å²) < 4.78 is 13.2. The third kappa shape index (κ3) is 0.981. The molecule has 0 saturated heterocycles. The molecule has 0 heterocycles. The highest BCUT2D eigenvalue weighted by Crippen LogP contribution is 2.28. The van der Waals surface area contributed by atoms with E-state index >= 15 is 0 Å². The third-order valence-electron chi connectivity index (χ3n) is 2.08. The minimum Gasteiger partial charge on any atom is -0.206 e. The Morgan fingerprint density at radius 3 is 2.92 bits per heavy atom. The van der Waals surface area contributed by atoms with Crippen molar-refractivity contribution in [1.29, 1.82) is 0 Å². The van der Waals surface area contributed by atoms with Gasteiger partial charge in [0, 0.05) is 5.56 Å². The number of halogens is 1. The maximum atomic E-state index is 13.2. The quantitative estimate of drug-likeness (QED) is 0.546. The van der Waals surface area contributed by atoms with E-state index in [1.165, 1.54) is 6.07 Å². The Morgan fingerprint density at radius 1 is 1.33 bits per heavy atom. The van der Waals surface area contributed by atoms with Crippen LogP contribution in [0.25, 0.3) is 11.6 Å². The van der Waals surface area contributed by atoms with E-state index < -0.39 is 0 Å². The Kier molecular flexibility index (Phi) is 1.58. The summed E-state index contributed by atoms with van der Waals surface area (Å²) in [6.45, 7) is 3.88. The summed E-state index contributed by atoms with van der Waals surface area (Å²) in [4.78, 5) is 0. The maximum Gasteiger partial charge on any atom is 0.131 e. The normalized spacial score (nSPS) is 14.6. The van der Waals surface area contributed by atoms with E-state index in [4.69, 9.17) is 0 Å². The number of hydrogen-bond donors (Lipinski definition) is 0. The predicted octanol–water partition coefficient (Wildman–Crippen LogP) is 3.26. The van der Waals surface area contributed by atoms with Crippen molar-refractivity contribution in [1.82, 2.24) is 0 Å². The van der Waals surface area contributed by atoms with E-state index in [0.717, 1.165) is 17.6 Å². The molecule has 0 amide bonds. The lowest BCUT2D eigenvalue weighted by atomic mass is 9.93. The van der Waals surface area contributed by atoms with E-state index in [1.54, 1.807) is 6.07 Å². The third-order valence-corrected chi connectivity index (χ3v) is 2.08. The van der Waals surface area contributed by atoms with Crippen LogP contribution < -0.4 is 0 Å². The van der Waals surface area contributed by atoms with Crippen molar-refractivity contribution in [3.63, 3.8) is 0 Å². The zero-order chi connectivity index (χ0) is 8.55. The first-order valence-corrected chi connectivity index (χ1v) is 3.92. The maximum absolute atomic E-state index is 13.2. The minimum atomic E-state index is -0.162. The van der Waals surface area contributed by atoms with Crippen LogP contribution in [-0.2, 0) is 0 Å². The molecular weight excluding hydrogens is 151 g/mol. The van der Waals surface area contributed by atoms with E-state index in [-0.39, 0.29) is 5.82 Å². The average molecular weight is 160 g/mol. The lowest BCUT2D eigenvalue weighted by Crippen LogP contribution is -1.94. The SMILES string of the molecule is C=C1CC=Cc2c(F)cccc21. The fourth-order valence-electron chi connectivity index (χ4n) is 1.44. The highest BCUT2D eigenvalue weighted by atomic mass is 19.1. The van der Waals surface area contributed by atoms with Gasteiger partial charge in [-0.05, 0) is 23.6 Å². The Morgan fingerprint density at radius 2 is 2.17 bits per heavy atom. The number of benzene rings is 1. The molecule has 0 spiro atoms. The molecule has 1 aromatic rings. The molecule has 1 aliphatic rings. The van der Waals surface area contributed by atoms with Gasteiger partial charge in [-0.3, -0.25) is 0 Å². The number of fused-ring (bicyclic) bond motifs is 1. The number of allylic oxidation sites excluding steroid dienone is 2. The molecule has 12 heavy (non-hydrogen) atoms. The van der Waals surface area contributed by atoms with Crippen LogP contribution >= 0.6 is 0 Å². The van der Waals surface area contributed by atoms with Crippen LogP contribution in [-0.4, -0.2) is 0 Å². The lowest BCUT2D eigenvalue weighted by molar-refractivity contribution is 0.624. The van der Waals surface area contributed by atoms with Gasteiger partial charge in [0.1, 0.15) is 5.82 Å². The molecule has 0 aromatic heterocycles. The van der Waals surface area contributed by atoms with Crippen LogP contribution in [0.1, 0.15) is 17.5 Å². The molecule has 1 aliphatic carbocycles. The predicted molar refractivity (Wildman–Crippen MR) is 49.1 cm³/mol. The minimum absolute atomic E-state index is 0.162. The van der Waals surface area contributed by atoms with Crippen molar-refractivity contribution in [3.8, 4) is 0 Å². The molecule has 0 fully saturated rings. The number of hydrogen-bond acceptors (Lipinski definition) is 0. The molecular formula is C11H9F. The van der Waals surface area contributed by atoms with Crippen molar-refractivity contribution in [2.75, 3.05) is 0 Å². The summed E-state index contributed by atoms with van der Waals surface area (Å²) in [5, 5.41) is 0. The Labute approximate surface area is 71.0 Å². The fraction of sp³-hybridized carbons (Fsp3) is 0.0909. The largest absolute Gasteiger partial charge is 0.206 e. The van der Waals surface area contributed by atoms with Crippen LogP contribution in [0.5, 0.6) is 0 Å². The standard InChI is InChI=1S/C11H9F/c1-8-4-2-6-10-9(8)5-3-7-11(10)12/h2-3,5-7H,1,4H2. The molecule has 0 aliphatic heterocycles. The zero-order valence-electron chi connectivity index (χ0n) is 6.68. The summed E-state index contributed by atoms with van der Waals surface area (Å²) in [5.41, 5.74) is 2.61. The van der Waals surface area contributed by atoms with Crippen LogP contribution in [0.4, 0.5) is 4.39 Å². The highest BCUT2D eigenvalue weighted by molar-refractivity contribution is 5.78. The van der Waals surface area contributed by atoms with E-state index in [9.17, 15) is 4.39 Å². The monoisotopic (exact) mass is 160 g/mol. The summed E-state index contributed by atoms with van der Waals surface area (Å²) in [5.74, 6) is -0.162. The second-order valence-electron chi connectivity index (χ2n) is 2.91. The second-order valence-corrected chi connectivity index (χ2v) is 2.91. The van der Waals surface area contributed by atoms with Crippen molar-refractivity contribution in [3.05, 3.63) is 47.8 Å². The Hall–Kier alpha value is -1.37. The van der Waals surface area contributed by atoms with Gasteiger partial charge in [0.15, 0.2) is 0 Å². The molecule has 1 heteroatoms. The molecule has 60 valence electrons. The Balaban J connectivity index is 2.69. The average Bonchev–Trinajstić information content (AvgIpc) is 2.07. The van der Waals surface area contributed by atoms with Crippen molar-refractivity contribution in [2.45, 2.75) is 6.42 Å². The molecule has 0 N–H and O–H groups in total. The summed E-state index contributed by atoms with van der Waals surface area (Å²) in [6.07, 6.45) is 4.59. The summed E-state index contributed by atoms with van der Waals surface area (Å²) in [6, 6.07) is 5.10. The van der Waals surface area contributed by atoms with Crippen molar-refractivity contribution < 1.29 is 4.39 Å². The number of rotatable bonds is 0. The molecule has 0 atom stereocenters. The second kappa shape index (κ2) is 2.59. The van der Waals surface area contributed by atoms with Gasteiger partial charge in [-0.2, -0.15) is 0 Å². The molecule has 1 aromatic carbocycles. The van der Waals surface area contributed by atoms with Crippen molar-refractivity contribution >= 4 is 11.6 Å². The van der Waals surface area contributed by atoms with Gasteiger partial charge in [0.2, 0.25) is 0 Å². The Bertz CT molecular complexity index is 361. The van der Waals surface area contributed by atoms with E-state index in [1.807, 2.05) is 18.2 Å². The molecule has 0 bridgehead atoms. The van der Waals surface area contributed by atoms with Crippen molar-refractivity contribution in [2.24, 2.45) is 0 Å². The molecule has 2 rings (SSSR count). The van der Waals surface area contributed by atoms with Gasteiger partial charge in [-0.1, -0.05) is 30.9 Å². The molecule has 0 radical (unpaired) electrons. The summed E-state index contributed by atoms with van der Waals surface area (Å²) >= 11 is 0. The molecule has 0 unspecified atom stereocenters. The van der Waals surface area contributed by atoms with Gasteiger partial charge in [0.25, 0.3) is 0 Å². The van der Waals surface area contributed by atoms with Gasteiger partial charge in [-0.15, -0.1) is 0 Å². The van der Waals surface area contributed by atoms with Gasteiger partial charge in [-0.25, -0.2) is 4.39 Å². The first kappa shape index (κ1) is 7.29. The van der Waals surface area contributed by atoms with Gasteiger partial charge >= 0.3 is 0 Å². The molecule has 0 saturated carbocycles.